The van der Waals surface area contributed by atoms with Crippen LogP contribution in [-0.2, 0) is 9.53 Å². The van der Waals surface area contributed by atoms with Gasteiger partial charge in [0.1, 0.15) is 23.3 Å². The van der Waals surface area contributed by atoms with E-state index >= 15 is 0 Å². The van der Waals surface area contributed by atoms with Crippen LogP contribution in [0.5, 0.6) is 17.2 Å². The minimum absolute atomic E-state index is 0.248. The molecule has 0 aliphatic carbocycles. The molecule has 0 radical (unpaired) electrons. The van der Waals surface area contributed by atoms with Crippen LogP contribution in [0.15, 0.2) is 47.3 Å². The van der Waals surface area contributed by atoms with Crippen LogP contribution in [0.25, 0.3) is 11.4 Å². The van der Waals surface area contributed by atoms with E-state index in [2.05, 4.69) is 10.1 Å². The van der Waals surface area contributed by atoms with Crippen LogP contribution >= 0.6 is 11.6 Å². The lowest BCUT2D eigenvalue weighted by atomic mass is 10.1. The quantitative estimate of drug-likeness (QED) is 0.633. The molecule has 146 valence electrons. The summed E-state index contributed by atoms with van der Waals surface area (Å²) in [6.07, 6.45) is 0. The maximum absolute atomic E-state index is 11.9. The lowest BCUT2D eigenvalue weighted by Gasteiger charge is -2.15. The summed E-state index contributed by atoms with van der Waals surface area (Å²) in [6, 6.07) is 11.2. The molecule has 0 aliphatic heterocycles. The molecule has 1 aromatic heterocycles. The van der Waals surface area contributed by atoms with E-state index in [0.717, 1.165) is 0 Å². The van der Waals surface area contributed by atoms with Gasteiger partial charge in [0, 0.05) is 11.1 Å². The molecule has 9 heteroatoms. The molecule has 1 N–H and O–H groups in total. The summed E-state index contributed by atoms with van der Waals surface area (Å²) in [5.74, 6) is 1.28. The SMILES string of the molecule is COC(=O)C(C)n1[nH]c(=O)nc1-c1ccc(Oc2ccc(Cl)cc2)cc1OC. The van der Waals surface area contributed by atoms with Crippen LogP contribution in [-0.4, -0.2) is 35.0 Å². The van der Waals surface area contributed by atoms with Gasteiger partial charge in [-0.15, -0.1) is 0 Å². The van der Waals surface area contributed by atoms with Crippen molar-refractivity contribution >= 4 is 17.6 Å². The minimum atomic E-state index is -0.773. The van der Waals surface area contributed by atoms with Crippen molar-refractivity contribution in [3.8, 4) is 28.6 Å². The number of rotatable bonds is 6. The minimum Gasteiger partial charge on any atom is -0.496 e. The molecule has 0 bridgehead atoms. The highest BCUT2D eigenvalue weighted by Crippen LogP contribution is 2.34. The molecule has 1 heterocycles. The second kappa shape index (κ2) is 8.18. The number of nitrogens with zero attached hydrogens (tertiary/aromatic N) is 2. The van der Waals surface area contributed by atoms with Crippen molar-refractivity contribution < 1.29 is 19.0 Å². The van der Waals surface area contributed by atoms with E-state index in [1.807, 2.05) is 0 Å². The molecular formula is C19H18ClN3O5. The molecule has 28 heavy (non-hydrogen) atoms. The highest BCUT2D eigenvalue weighted by atomic mass is 35.5. The Labute approximate surface area is 165 Å². The zero-order chi connectivity index (χ0) is 20.3. The predicted molar refractivity (Wildman–Crippen MR) is 103 cm³/mol. The van der Waals surface area contributed by atoms with Gasteiger partial charge in [-0.3, -0.25) is 4.68 Å². The van der Waals surface area contributed by atoms with Gasteiger partial charge in [-0.2, -0.15) is 4.98 Å². The number of halogens is 1. The summed E-state index contributed by atoms with van der Waals surface area (Å²) in [4.78, 5) is 27.7. The summed E-state index contributed by atoms with van der Waals surface area (Å²) in [5.41, 5.74) is -0.0747. The maximum Gasteiger partial charge on any atom is 0.361 e. The number of carbonyl (C=O) groups is 1. The summed E-state index contributed by atoms with van der Waals surface area (Å²) in [5, 5.41) is 3.13. The number of aromatic nitrogens is 3. The topological polar surface area (TPSA) is 95.4 Å². The Morgan fingerprint density at radius 3 is 2.46 bits per heavy atom. The molecule has 0 saturated carbocycles. The standard InChI is InChI=1S/C19H18ClN3O5/c1-11(18(24)27-3)23-17(21-19(25)22-23)15-9-8-14(10-16(15)26-2)28-13-6-4-12(20)5-7-13/h4-11H,1-3H3,(H,22,25). The molecule has 0 fully saturated rings. The van der Waals surface area contributed by atoms with Crippen molar-refractivity contribution in [1.29, 1.82) is 0 Å². The van der Waals surface area contributed by atoms with Gasteiger partial charge < -0.3 is 14.2 Å². The van der Waals surface area contributed by atoms with Crippen LogP contribution in [0.3, 0.4) is 0 Å². The predicted octanol–water partition coefficient (Wildman–Crippen LogP) is 3.43. The third-order valence-electron chi connectivity index (χ3n) is 4.04. The zero-order valence-corrected chi connectivity index (χ0v) is 16.2. The number of nitrogens with one attached hydrogen (secondary N) is 1. The number of benzene rings is 2. The number of carbonyl (C=O) groups excluding carboxylic acids is 1. The van der Waals surface area contributed by atoms with E-state index in [1.54, 1.807) is 49.4 Å². The number of hydrogen-bond donors (Lipinski definition) is 1. The monoisotopic (exact) mass is 403 g/mol. The van der Waals surface area contributed by atoms with Crippen molar-refractivity contribution in [1.82, 2.24) is 14.8 Å². The largest absolute Gasteiger partial charge is 0.496 e. The van der Waals surface area contributed by atoms with Gasteiger partial charge in [0.25, 0.3) is 0 Å². The Kier molecular flexibility index (Phi) is 5.70. The summed E-state index contributed by atoms with van der Waals surface area (Å²) in [6.45, 7) is 1.59. The molecule has 0 saturated heterocycles. The number of methoxy groups -OCH3 is 2. The Morgan fingerprint density at radius 1 is 1.14 bits per heavy atom. The molecular weight excluding hydrogens is 386 g/mol. The van der Waals surface area contributed by atoms with Crippen LogP contribution in [0.4, 0.5) is 0 Å². The summed E-state index contributed by atoms with van der Waals surface area (Å²) >= 11 is 5.88. The lowest BCUT2D eigenvalue weighted by molar-refractivity contribution is -0.144. The fraction of sp³-hybridized carbons (Fsp3) is 0.211. The number of H-pyrrole nitrogens is 1. The second-order valence-corrected chi connectivity index (χ2v) is 6.28. The first-order valence-electron chi connectivity index (χ1n) is 8.31. The van der Waals surface area contributed by atoms with Crippen LogP contribution < -0.4 is 15.2 Å². The van der Waals surface area contributed by atoms with Crippen molar-refractivity contribution in [2.45, 2.75) is 13.0 Å². The van der Waals surface area contributed by atoms with Gasteiger partial charge in [-0.1, -0.05) is 11.6 Å². The average Bonchev–Trinajstić information content (AvgIpc) is 3.09. The zero-order valence-electron chi connectivity index (χ0n) is 15.4. The molecule has 0 spiro atoms. The maximum atomic E-state index is 11.9. The van der Waals surface area contributed by atoms with Gasteiger partial charge in [-0.25, -0.2) is 14.7 Å². The molecule has 1 unspecified atom stereocenters. The second-order valence-electron chi connectivity index (χ2n) is 5.84. The van der Waals surface area contributed by atoms with Gasteiger partial charge in [0.2, 0.25) is 0 Å². The highest BCUT2D eigenvalue weighted by Gasteiger charge is 2.23. The number of aromatic amines is 1. The van der Waals surface area contributed by atoms with Gasteiger partial charge in [0.05, 0.1) is 19.8 Å². The first kappa shape index (κ1) is 19.5. The number of hydrogen-bond acceptors (Lipinski definition) is 6. The van der Waals surface area contributed by atoms with Crippen molar-refractivity contribution in [3.05, 3.63) is 58.0 Å². The van der Waals surface area contributed by atoms with E-state index in [-0.39, 0.29) is 5.82 Å². The van der Waals surface area contributed by atoms with Gasteiger partial charge >= 0.3 is 11.7 Å². The van der Waals surface area contributed by atoms with Crippen molar-refractivity contribution in [3.63, 3.8) is 0 Å². The Bertz CT molecular complexity index is 1040. The summed E-state index contributed by atoms with van der Waals surface area (Å²) in [7, 11) is 2.76. The Balaban J connectivity index is 1.98. The third kappa shape index (κ3) is 4.01. The van der Waals surface area contributed by atoms with E-state index < -0.39 is 17.7 Å². The van der Waals surface area contributed by atoms with Gasteiger partial charge in [0.15, 0.2) is 5.82 Å². The Morgan fingerprint density at radius 2 is 1.82 bits per heavy atom. The lowest BCUT2D eigenvalue weighted by Crippen LogP contribution is -2.21. The molecule has 3 rings (SSSR count). The fourth-order valence-corrected chi connectivity index (χ4v) is 2.76. The fourth-order valence-electron chi connectivity index (χ4n) is 2.64. The van der Waals surface area contributed by atoms with E-state index in [1.165, 1.54) is 18.9 Å². The average molecular weight is 404 g/mol. The number of esters is 1. The van der Waals surface area contributed by atoms with Gasteiger partial charge in [-0.05, 0) is 43.3 Å². The van der Waals surface area contributed by atoms with Crippen molar-refractivity contribution in [2.24, 2.45) is 0 Å². The number of ether oxygens (including phenoxy) is 3. The van der Waals surface area contributed by atoms with E-state index in [0.29, 0.717) is 27.8 Å². The molecule has 0 amide bonds. The van der Waals surface area contributed by atoms with E-state index in [9.17, 15) is 9.59 Å². The molecule has 0 aliphatic rings. The van der Waals surface area contributed by atoms with Crippen molar-refractivity contribution in [2.75, 3.05) is 14.2 Å². The van der Waals surface area contributed by atoms with E-state index in [4.69, 9.17) is 25.8 Å². The Hall–Kier alpha value is -3.26. The third-order valence-corrected chi connectivity index (χ3v) is 4.30. The van der Waals surface area contributed by atoms with Crippen LogP contribution in [0.2, 0.25) is 5.02 Å². The van der Waals surface area contributed by atoms with Crippen LogP contribution in [0.1, 0.15) is 13.0 Å². The smallest absolute Gasteiger partial charge is 0.361 e. The molecule has 1 atom stereocenters. The molecule has 8 nitrogen and oxygen atoms in total. The highest BCUT2D eigenvalue weighted by molar-refractivity contribution is 6.30. The molecule has 2 aromatic carbocycles. The first-order chi connectivity index (χ1) is 13.4. The summed E-state index contributed by atoms with van der Waals surface area (Å²) < 4.78 is 17.3. The first-order valence-corrected chi connectivity index (χ1v) is 8.69. The molecule has 3 aromatic rings. The normalized spacial score (nSPS) is 11.7. The van der Waals surface area contributed by atoms with Crippen LogP contribution in [0, 0.1) is 0 Å².